The van der Waals surface area contributed by atoms with E-state index in [0.717, 1.165) is 0 Å². The molecular weight excluding hydrogens is 342 g/mol. The van der Waals surface area contributed by atoms with E-state index in [9.17, 15) is 25.0 Å². The summed E-state index contributed by atoms with van der Waals surface area (Å²) in [6, 6.07) is 9.97. The quantitative estimate of drug-likeness (QED) is 0.360. The topological polar surface area (TPSA) is 125 Å². The number of carbonyl (C=O) groups is 1. The Balaban J connectivity index is 1.96. The van der Waals surface area contributed by atoms with Crippen LogP contribution in [0.2, 0.25) is 0 Å². The van der Waals surface area contributed by atoms with Crippen LogP contribution in [0.25, 0.3) is 6.08 Å². The molecule has 1 aliphatic rings. The molecule has 0 aromatic heterocycles. The molecule has 3 rings (SSSR count). The van der Waals surface area contributed by atoms with Gasteiger partial charge in [-0.25, -0.2) is 9.79 Å². The van der Waals surface area contributed by atoms with E-state index in [0.29, 0.717) is 16.7 Å². The summed E-state index contributed by atoms with van der Waals surface area (Å²) in [6.07, 6.45) is 1.42. The molecule has 0 radical (unpaired) electrons. The first-order chi connectivity index (χ1) is 12.4. The number of hydrogen-bond acceptors (Lipinski definition) is 7. The fourth-order valence-electron chi connectivity index (χ4n) is 2.43. The first-order valence-electron chi connectivity index (χ1n) is 7.38. The summed E-state index contributed by atoms with van der Waals surface area (Å²) in [5.41, 5.74) is 1.04. The predicted octanol–water partition coefficient (Wildman–Crippen LogP) is 3.16. The van der Waals surface area contributed by atoms with Crippen LogP contribution in [0.3, 0.4) is 0 Å². The van der Waals surface area contributed by atoms with E-state index in [4.69, 9.17) is 4.74 Å². The Kier molecular flexibility index (Phi) is 4.27. The third-order valence-electron chi connectivity index (χ3n) is 3.76. The van der Waals surface area contributed by atoms with Crippen LogP contribution in [-0.4, -0.2) is 21.7 Å². The first kappa shape index (κ1) is 17.0. The van der Waals surface area contributed by atoms with Crippen LogP contribution in [0.4, 0.5) is 11.4 Å². The van der Waals surface area contributed by atoms with Crippen LogP contribution < -0.4 is 0 Å². The number of esters is 1. The molecule has 0 fully saturated rings. The molecule has 0 amide bonds. The van der Waals surface area contributed by atoms with Crippen LogP contribution in [-0.2, 0) is 9.53 Å². The van der Waals surface area contributed by atoms with Crippen LogP contribution in [0, 0.1) is 27.2 Å². The maximum Gasteiger partial charge on any atom is 0.363 e. The van der Waals surface area contributed by atoms with Crippen molar-refractivity contribution in [1.29, 1.82) is 0 Å². The highest BCUT2D eigenvalue weighted by atomic mass is 16.6. The van der Waals surface area contributed by atoms with E-state index in [1.807, 2.05) is 0 Å². The molecule has 1 aliphatic heterocycles. The number of ether oxygens (including phenoxy) is 1. The van der Waals surface area contributed by atoms with Crippen molar-refractivity contribution in [3.63, 3.8) is 0 Å². The molecule has 0 saturated carbocycles. The Morgan fingerprint density at radius 2 is 1.73 bits per heavy atom. The van der Waals surface area contributed by atoms with E-state index in [1.54, 1.807) is 13.0 Å². The van der Waals surface area contributed by atoms with Crippen LogP contribution in [0.1, 0.15) is 16.7 Å². The maximum atomic E-state index is 12.0. The van der Waals surface area contributed by atoms with Crippen molar-refractivity contribution < 1.29 is 19.4 Å². The second-order valence-corrected chi connectivity index (χ2v) is 5.39. The number of benzene rings is 2. The van der Waals surface area contributed by atoms with Crippen molar-refractivity contribution in [2.75, 3.05) is 0 Å². The summed E-state index contributed by atoms with van der Waals surface area (Å²) in [6.45, 7) is 1.54. The number of carbonyl (C=O) groups excluding carboxylic acids is 1. The molecule has 0 aliphatic carbocycles. The number of rotatable bonds is 4. The number of non-ortho nitro benzene ring substituents is 1. The second kappa shape index (κ2) is 6.55. The SMILES string of the molecule is Cc1c(C2=N/C(=C/c3ccc([N+](=O)[O-])cc3)C(=O)O2)cccc1[N+](=O)[O-]. The summed E-state index contributed by atoms with van der Waals surface area (Å²) < 4.78 is 5.12. The number of nitrogens with zero attached hydrogens (tertiary/aromatic N) is 3. The molecule has 2 aromatic carbocycles. The lowest BCUT2D eigenvalue weighted by Crippen LogP contribution is -2.08. The van der Waals surface area contributed by atoms with Crippen molar-refractivity contribution in [3.8, 4) is 0 Å². The fourth-order valence-corrected chi connectivity index (χ4v) is 2.43. The zero-order valence-electron chi connectivity index (χ0n) is 13.4. The lowest BCUT2D eigenvalue weighted by atomic mass is 10.1. The van der Waals surface area contributed by atoms with Gasteiger partial charge in [0.05, 0.1) is 9.85 Å². The minimum atomic E-state index is -0.704. The normalized spacial score (nSPS) is 14.9. The summed E-state index contributed by atoms with van der Waals surface area (Å²) >= 11 is 0. The van der Waals surface area contributed by atoms with Crippen molar-refractivity contribution in [2.45, 2.75) is 6.92 Å². The standard InChI is InChI=1S/C17H11N3O6/c1-10-13(3-2-4-15(10)20(24)25)16-18-14(17(21)26-16)9-11-5-7-12(8-6-11)19(22)23/h2-9H,1H3/b14-9+. The molecular formula is C17H11N3O6. The monoisotopic (exact) mass is 353 g/mol. The Labute approximate surface area is 146 Å². The highest BCUT2D eigenvalue weighted by molar-refractivity contribution is 6.13. The predicted molar refractivity (Wildman–Crippen MR) is 91.5 cm³/mol. The zero-order valence-corrected chi connectivity index (χ0v) is 13.4. The third kappa shape index (κ3) is 3.18. The number of hydrogen-bond donors (Lipinski definition) is 0. The van der Waals surface area contributed by atoms with E-state index >= 15 is 0 Å². The highest BCUT2D eigenvalue weighted by Gasteiger charge is 2.27. The molecule has 1 heterocycles. The Morgan fingerprint density at radius 1 is 1.04 bits per heavy atom. The number of nitro groups is 2. The van der Waals surface area contributed by atoms with Gasteiger partial charge in [-0.15, -0.1) is 0 Å². The van der Waals surface area contributed by atoms with Gasteiger partial charge in [0.25, 0.3) is 11.4 Å². The highest BCUT2D eigenvalue weighted by Crippen LogP contribution is 2.26. The van der Waals surface area contributed by atoms with E-state index in [1.165, 1.54) is 42.5 Å². The van der Waals surface area contributed by atoms with Gasteiger partial charge in [0, 0.05) is 29.3 Å². The van der Waals surface area contributed by atoms with Gasteiger partial charge in [-0.1, -0.05) is 6.07 Å². The molecule has 9 nitrogen and oxygen atoms in total. The largest absolute Gasteiger partial charge is 0.402 e. The van der Waals surface area contributed by atoms with Gasteiger partial charge < -0.3 is 4.74 Å². The lowest BCUT2D eigenvalue weighted by Gasteiger charge is -2.04. The van der Waals surface area contributed by atoms with E-state index in [2.05, 4.69) is 4.99 Å². The van der Waals surface area contributed by atoms with Gasteiger partial charge in [0.1, 0.15) is 0 Å². The van der Waals surface area contributed by atoms with Gasteiger partial charge in [0.15, 0.2) is 5.70 Å². The van der Waals surface area contributed by atoms with Crippen molar-refractivity contribution in [2.24, 2.45) is 4.99 Å². The second-order valence-electron chi connectivity index (χ2n) is 5.39. The van der Waals surface area contributed by atoms with Crippen LogP contribution >= 0.6 is 0 Å². The average Bonchev–Trinajstić information content (AvgIpc) is 2.95. The van der Waals surface area contributed by atoms with Gasteiger partial charge in [-0.05, 0) is 36.8 Å². The fraction of sp³-hybridized carbons (Fsp3) is 0.0588. The van der Waals surface area contributed by atoms with Crippen LogP contribution in [0.15, 0.2) is 53.2 Å². The molecule has 26 heavy (non-hydrogen) atoms. The van der Waals surface area contributed by atoms with Crippen molar-refractivity contribution >= 4 is 29.3 Å². The molecule has 0 N–H and O–H groups in total. The molecule has 0 bridgehead atoms. The summed E-state index contributed by atoms with van der Waals surface area (Å²) in [4.78, 5) is 36.8. The molecule has 0 unspecified atom stereocenters. The molecule has 0 spiro atoms. The third-order valence-corrected chi connectivity index (χ3v) is 3.76. The van der Waals surface area contributed by atoms with Gasteiger partial charge >= 0.3 is 5.97 Å². The Bertz CT molecular complexity index is 992. The van der Waals surface area contributed by atoms with E-state index < -0.39 is 15.8 Å². The minimum Gasteiger partial charge on any atom is -0.402 e. The average molecular weight is 353 g/mol. The minimum absolute atomic E-state index is 0.000223. The maximum absolute atomic E-state index is 12.0. The molecule has 130 valence electrons. The smallest absolute Gasteiger partial charge is 0.363 e. The summed E-state index contributed by atoms with van der Waals surface area (Å²) in [5.74, 6) is -0.728. The first-order valence-corrected chi connectivity index (χ1v) is 7.38. The molecule has 0 saturated heterocycles. The zero-order chi connectivity index (χ0) is 18.8. The Hall–Kier alpha value is -3.88. The van der Waals surface area contributed by atoms with E-state index in [-0.39, 0.29) is 23.0 Å². The van der Waals surface area contributed by atoms with Gasteiger partial charge in [-0.3, -0.25) is 20.2 Å². The summed E-state index contributed by atoms with van der Waals surface area (Å²) in [7, 11) is 0. The van der Waals surface area contributed by atoms with Crippen molar-refractivity contribution in [1.82, 2.24) is 0 Å². The molecule has 0 atom stereocenters. The number of cyclic esters (lactones) is 1. The van der Waals surface area contributed by atoms with Crippen molar-refractivity contribution in [3.05, 3.63) is 85.1 Å². The van der Waals surface area contributed by atoms with Gasteiger partial charge in [0.2, 0.25) is 5.90 Å². The number of nitro benzene ring substituents is 2. The summed E-state index contributed by atoms with van der Waals surface area (Å²) in [5, 5.41) is 21.7. The molecule has 9 heteroatoms. The van der Waals surface area contributed by atoms with Crippen LogP contribution in [0.5, 0.6) is 0 Å². The lowest BCUT2D eigenvalue weighted by molar-refractivity contribution is -0.385. The Morgan fingerprint density at radius 3 is 2.35 bits per heavy atom. The van der Waals surface area contributed by atoms with Gasteiger partial charge in [-0.2, -0.15) is 0 Å². The number of aliphatic imine (C=N–C) groups is 1. The molecule has 2 aromatic rings.